The van der Waals surface area contributed by atoms with Gasteiger partial charge in [0.25, 0.3) is 0 Å². The third-order valence-corrected chi connectivity index (χ3v) is 2.41. The molecule has 0 amide bonds. The summed E-state index contributed by atoms with van der Waals surface area (Å²) in [4.78, 5) is 0. The Kier molecular flexibility index (Phi) is 3.13. The molecule has 1 fully saturated rings. The van der Waals surface area contributed by atoms with Crippen LogP contribution in [0.5, 0.6) is 0 Å². The van der Waals surface area contributed by atoms with Crippen LogP contribution in [0.3, 0.4) is 0 Å². The first-order chi connectivity index (χ1) is 5.51. The van der Waals surface area contributed by atoms with Crippen LogP contribution in [0.25, 0.3) is 0 Å². The van der Waals surface area contributed by atoms with Gasteiger partial charge in [-0.1, -0.05) is 27.7 Å². The SMILES string of the molecule is CC(C)C1NCCC(C)(C)CO1. The number of ether oxygens (including phenoxy) is 1. The molecule has 1 atom stereocenters. The molecule has 0 aliphatic carbocycles. The molecular weight excluding hydrogens is 150 g/mol. The van der Waals surface area contributed by atoms with E-state index in [0.717, 1.165) is 13.2 Å². The lowest BCUT2D eigenvalue weighted by atomic mass is 9.91. The first-order valence-corrected chi connectivity index (χ1v) is 4.86. The van der Waals surface area contributed by atoms with Gasteiger partial charge in [-0.15, -0.1) is 0 Å². The van der Waals surface area contributed by atoms with E-state index in [4.69, 9.17) is 4.74 Å². The third-order valence-electron chi connectivity index (χ3n) is 2.41. The van der Waals surface area contributed by atoms with Gasteiger partial charge >= 0.3 is 0 Å². The molecule has 1 saturated heterocycles. The maximum atomic E-state index is 5.77. The maximum Gasteiger partial charge on any atom is 0.110 e. The highest BCUT2D eigenvalue weighted by molar-refractivity contribution is 4.75. The van der Waals surface area contributed by atoms with Crippen molar-refractivity contribution >= 4 is 0 Å². The Morgan fingerprint density at radius 1 is 1.42 bits per heavy atom. The molecule has 0 radical (unpaired) electrons. The molecule has 1 unspecified atom stereocenters. The van der Waals surface area contributed by atoms with Crippen LogP contribution in [0.15, 0.2) is 0 Å². The summed E-state index contributed by atoms with van der Waals surface area (Å²) in [5, 5.41) is 3.41. The van der Waals surface area contributed by atoms with Gasteiger partial charge in [0.05, 0.1) is 6.61 Å². The lowest BCUT2D eigenvalue weighted by Gasteiger charge is -2.23. The quantitative estimate of drug-likeness (QED) is 0.651. The second kappa shape index (κ2) is 3.75. The number of nitrogens with one attached hydrogen (secondary N) is 1. The average Bonchev–Trinajstić information content (AvgIpc) is 2.10. The second-order valence-corrected chi connectivity index (χ2v) is 4.84. The van der Waals surface area contributed by atoms with E-state index in [1.807, 2.05) is 0 Å². The lowest BCUT2D eigenvalue weighted by Crippen LogP contribution is -2.35. The molecule has 1 heterocycles. The van der Waals surface area contributed by atoms with Crippen molar-refractivity contribution in [1.29, 1.82) is 0 Å². The van der Waals surface area contributed by atoms with E-state index < -0.39 is 0 Å². The molecule has 0 aromatic heterocycles. The summed E-state index contributed by atoms with van der Waals surface area (Å²) in [7, 11) is 0. The molecule has 12 heavy (non-hydrogen) atoms. The predicted molar refractivity (Wildman–Crippen MR) is 51.0 cm³/mol. The summed E-state index contributed by atoms with van der Waals surface area (Å²) in [6, 6.07) is 0. The van der Waals surface area contributed by atoms with Gasteiger partial charge in [-0.2, -0.15) is 0 Å². The second-order valence-electron chi connectivity index (χ2n) is 4.84. The largest absolute Gasteiger partial charge is 0.363 e. The highest BCUT2D eigenvalue weighted by atomic mass is 16.5. The topological polar surface area (TPSA) is 21.3 Å². The zero-order chi connectivity index (χ0) is 9.19. The lowest BCUT2D eigenvalue weighted by molar-refractivity contribution is -0.0181. The van der Waals surface area contributed by atoms with Gasteiger partial charge in [-0.3, -0.25) is 5.32 Å². The van der Waals surface area contributed by atoms with Crippen LogP contribution < -0.4 is 5.32 Å². The summed E-state index contributed by atoms with van der Waals surface area (Å²) in [6.45, 7) is 10.9. The zero-order valence-electron chi connectivity index (χ0n) is 8.68. The average molecular weight is 171 g/mol. The van der Waals surface area contributed by atoms with E-state index in [0.29, 0.717) is 11.3 Å². The van der Waals surface area contributed by atoms with Crippen molar-refractivity contribution in [3.63, 3.8) is 0 Å². The smallest absolute Gasteiger partial charge is 0.110 e. The first-order valence-electron chi connectivity index (χ1n) is 4.86. The van der Waals surface area contributed by atoms with Crippen LogP contribution in [0.1, 0.15) is 34.1 Å². The Morgan fingerprint density at radius 3 is 2.67 bits per heavy atom. The van der Waals surface area contributed by atoms with Gasteiger partial charge in [-0.05, 0) is 24.3 Å². The van der Waals surface area contributed by atoms with E-state index in [1.165, 1.54) is 6.42 Å². The molecule has 0 saturated carbocycles. The normalized spacial score (nSPS) is 30.2. The molecule has 0 spiro atoms. The van der Waals surface area contributed by atoms with Gasteiger partial charge in [-0.25, -0.2) is 0 Å². The molecule has 0 aromatic carbocycles. The summed E-state index contributed by atoms with van der Waals surface area (Å²) < 4.78 is 5.77. The molecule has 2 nitrogen and oxygen atoms in total. The minimum Gasteiger partial charge on any atom is -0.363 e. The van der Waals surface area contributed by atoms with Gasteiger partial charge in [0, 0.05) is 0 Å². The van der Waals surface area contributed by atoms with E-state index in [-0.39, 0.29) is 6.23 Å². The summed E-state index contributed by atoms with van der Waals surface area (Å²) in [6.07, 6.45) is 1.46. The van der Waals surface area contributed by atoms with Gasteiger partial charge in [0.1, 0.15) is 6.23 Å². The van der Waals surface area contributed by atoms with Gasteiger partial charge < -0.3 is 4.74 Å². The third kappa shape index (κ3) is 2.76. The van der Waals surface area contributed by atoms with Crippen molar-refractivity contribution in [3.8, 4) is 0 Å². The molecule has 72 valence electrons. The summed E-state index contributed by atoms with van der Waals surface area (Å²) >= 11 is 0. The Balaban J connectivity index is 2.45. The Morgan fingerprint density at radius 2 is 2.08 bits per heavy atom. The maximum absolute atomic E-state index is 5.77. The fourth-order valence-electron chi connectivity index (χ4n) is 1.43. The van der Waals surface area contributed by atoms with Crippen molar-refractivity contribution in [1.82, 2.24) is 5.32 Å². The van der Waals surface area contributed by atoms with Crippen LogP contribution in [0, 0.1) is 11.3 Å². The zero-order valence-corrected chi connectivity index (χ0v) is 8.68. The fourth-order valence-corrected chi connectivity index (χ4v) is 1.43. The van der Waals surface area contributed by atoms with Crippen molar-refractivity contribution < 1.29 is 4.74 Å². The standard InChI is InChI=1S/C10H21NO/c1-8(2)9-11-6-5-10(3,4)7-12-9/h8-9,11H,5-7H2,1-4H3. The molecule has 2 heteroatoms. The van der Waals surface area contributed by atoms with Crippen LogP contribution >= 0.6 is 0 Å². The first kappa shape index (κ1) is 10.0. The van der Waals surface area contributed by atoms with E-state index in [2.05, 4.69) is 33.0 Å². The molecule has 1 rings (SSSR count). The predicted octanol–water partition coefficient (Wildman–Crippen LogP) is 2.00. The number of hydrogen-bond donors (Lipinski definition) is 1. The monoisotopic (exact) mass is 171 g/mol. The van der Waals surface area contributed by atoms with Crippen molar-refractivity contribution in [2.24, 2.45) is 11.3 Å². The molecule has 0 bridgehead atoms. The van der Waals surface area contributed by atoms with Crippen LogP contribution in [-0.2, 0) is 4.74 Å². The molecule has 0 aromatic rings. The van der Waals surface area contributed by atoms with E-state index >= 15 is 0 Å². The summed E-state index contributed by atoms with van der Waals surface area (Å²) in [5.41, 5.74) is 0.344. The molecule has 1 N–H and O–H groups in total. The minimum atomic E-state index is 0.256. The Hall–Kier alpha value is -0.0800. The highest BCUT2D eigenvalue weighted by Crippen LogP contribution is 2.23. The van der Waals surface area contributed by atoms with Crippen molar-refractivity contribution in [2.75, 3.05) is 13.2 Å². The molecular formula is C10H21NO. The van der Waals surface area contributed by atoms with Gasteiger partial charge in [0.15, 0.2) is 0 Å². The Bertz CT molecular complexity index is 143. The number of rotatable bonds is 1. The van der Waals surface area contributed by atoms with Crippen molar-refractivity contribution in [3.05, 3.63) is 0 Å². The Labute approximate surface area is 75.7 Å². The van der Waals surface area contributed by atoms with Crippen molar-refractivity contribution in [2.45, 2.75) is 40.3 Å². The highest BCUT2D eigenvalue weighted by Gasteiger charge is 2.25. The summed E-state index contributed by atoms with van der Waals surface area (Å²) in [5.74, 6) is 0.568. The molecule has 1 aliphatic heterocycles. The van der Waals surface area contributed by atoms with Crippen LogP contribution in [-0.4, -0.2) is 19.4 Å². The van der Waals surface area contributed by atoms with Gasteiger partial charge in [0.2, 0.25) is 0 Å². The minimum absolute atomic E-state index is 0.256. The van der Waals surface area contributed by atoms with E-state index in [1.54, 1.807) is 0 Å². The van der Waals surface area contributed by atoms with Crippen LogP contribution in [0.2, 0.25) is 0 Å². The fraction of sp³-hybridized carbons (Fsp3) is 1.00. The molecule has 1 aliphatic rings. The van der Waals surface area contributed by atoms with Crippen LogP contribution in [0.4, 0.5) is 0 Å². The van der Waals surface area contributed by atoms with E-state index in [9.17, 15) is 0 Å². The number of hydrogen-bond acceptors (Lipinski definition) is 2.